The van der Waals surface area contributed by atoms with E-state index in [1.54, 1.807) is 0 Å². The number of carbonyl (C=O) groups excluding carboxylic acids is 2. The van der Waals surface area contributed by atoms with Gasteiger partial charge in [0.25, 0.3) is 6.29 Å². The predicted molar refractivity (Wildman–Crippen MR) is 127 cm³/mol. The number of hydrogen-bond acceptors (Lipinski definition) is 8. The molecule has 0 aromatic heterocycles. The van der Waals surface area contributed by atoms with Crippen molar-refractivity contribution in [3.05, 3.63) is 0 Å². The van der Waals surface area contributed by atoms with Crippen molar-refractivity contribution in [2.75, 3.05) is 14.2 Å². The van der Waals surface area contributed by atoms with Crippen LogP contribution in [-0.4, -0.2) is 55.2 Å². The highest BCUT2D eigenvalue weighted by Gasteiger charge is 2.63. The van der Waals surface area contributed by atoms with Gasteiger partial charge in [0.05, 0.1) is 26.4 Å². The molecule has 4 fully saturated rings. The Morgan fingerprint density at radius 1 is 0.886 bits per heavy atom. The molecule has 200 valence electrons. The number of ether oxygens (including phenoxy) is 4. The van der Waals surface area contributed by atoms with Crippen molar-refractivity contribution in [1.82, 2.24) is 0 Å². The number of carbonyl (C=O) groups is 2. The zero-order valence-electron chi connectivity index (χ0n) is 21.9. The topological polar surface area (TPSA) is 112 Å². The molecule has 2 N–H and O–H groups in total. The maximum Gasteiger partial charge on any atom is 0.511 e. The van der Waals surface area contributed by atoms with Gasteiger partial charge in [-0.05, 0) is 97.7 Å². The lowest BCUT2D eigenvalue weighted by Gasteiger charge is -2.62. The number of aliphatic hydroxyl groups excluding tert-OH is 2. The summed E-state index contributed by atoms with van der Waals surface area (Å²) in [5.74, 6) is 2.12. The molecule has 0 amide bonds. The largest absolute Gasteiger partial charge is 0.511 e. The quantitative estimate of drug-likeness (QED) is 0.409. The molecule has 0 aliphatic heterocycles. The molecule has 35 heavy (non-hydrogen) atoms. The zero-order valence-corrected chi connectivity index (χ0v) is 21.9. The van der Waals surface area contributed by atoms with Crippen molar-refractivity contribution in [2.45, 2.75) is 97.1 Å². The predicted octanol–water partition coefficient (Wildman–Crippen LogP) is 4.90. The summed E-state index contributed by atoms with van der Waals surface area (Å²) in [6.07, 6.45) is 4.81. The van der Waals surface area contributed by atoms with E-state index in [4.69, 9.17) is 9.47 Å². The van der Waals surface area contributed by atoms with Crippen LogP contribution in [0.15, 0.2) is 0 Å². The summed E-state index contributed by atoms with van der Waals surface area (Å²) in [5.41, 5.74) is 0.266. The molecule has 0 saturated heterocycles. The highest BCUT2D eigenvalue weighted by atomic mass is 16.8. The van der Waals surface area contributed by atoms with Gasteiger partial charge in [0.2, 0.25) is 0 Å². The van der Waals surface area contributed by atoms with Gasteiger partial charge in [-0.25, -0.2) is 9.59 Å². The van der Waals surface area contributed by atoms with Gasteiger partial charge in [-0.1, -0.05) is 20.8 Å². The Labute approximate surface area is 209 Å². The van der Waals surface area contributed by atoms with E-state index in [0.29, 0.717) is 30.1 Å². The third-order valence-electron chi connectivity index (χ3n) is 10.8. The van der Waals surface area contributed by atoms with E-state index < -0.39 is 18.6 Å². The lowest BCUT2D eigenvalue weighted by molar-refractivity contribution is -0.175. The monoisotopic (exact) mass is 496 g/mol. The molecule has 0 heterocycles. The van der Waals surface area contributed by atoms with Crippen LogP contribution in [0.5, 0.6) is 0 Å². The number of fused-ring (bicyclic) bond motifs is 5. The average molecular weight is 497 g/mol. The maximum atomic E-state index is 11.7. The Hall–Kier alpha value is -1.54. The average Bonchev–Trinajstić information content (AvgIpc) is 3.17. The van der Waals surface area contributed by atoms with Gasteiger partial charge >= 0.3 is 12.3 Å². The number of hydrogen-bond donors (Lipinski definition) is 2. The number of aliphatic hydroxyl groups is 2. The van der Waals surface area contributed by atoms with Crippen LogP contribution in [0.1, 0.15) is 78.6 Å². The van der Waals surface area contributed by atoms with Crippen molar-refractivity contribution in [2.24, 2.45) is 46.3 Å². The van der Waals surface area contributed by atoms with E-state index >= 15 is 0 Å². The third kappa shape index (κ3) is 4.77. The summed E-state index contributed by atoms with van der Waals surface area (Å²) in [5, 5.41) is 21.7. The second-order valence-corrected chi connectivity index (χ2v) is 12.2. The van der Waals surface area contributed by atoms with Crippen LogP contribution in [0.3, 0.4) is 0 Å². The molecule has 8 nitrogen and oxygen atoms in total. The van der Waals surface area contributed by atoms with E-state index in [1.807, 2.05) is 0 Å². The second kappa shape index (κ2) is 10.1. The summed E-state index contributed by atoms with van der Waals surface area (Å²) < 4.78 is 19.6. The van der Waals surface area contributed by atoms with Crippen molar-refractivity contribution in [3.63, 3.8) is 0 Å². The van der Waals surface area contributed by atoms with Crippen molar-refractivity contribution >= 4 is 12.3 Å². The van der Waals surface area contributed by atoms with Crippen molar-refractivity contribution in [3.8, 4) is 0 Å². The molecule has 4 aliphatic carbocycles. The van der Waals surface area contributed by atoms with Crippen LogP contribution in [0.2, 0.25) is 0 Å². The summed E-state index contributed by atoms with van der Waals surface area (Å²) in [6.45, 7) is 6.94. The van der Waals surface area contributed by atoms with Crippen LogP contribution in [0.4, 0.5) is 9.59 Å². The third-order valence-corrected chi connectivity index (χ3v) is 10.8. The van der Waals surface area contributed by atoms with E-state index in [-0.39, 0.29) is 34.9 Å². The Kier molecular flexibility index (Phi) is 7.64. The highest BCUT2D eigenvalue weighted by molar-refractivity contribution is 5.61. The van der Waals surface area contributed by atoms with Crippen LogP contribution >= 0.6 is 0 Å². The lowest BCUT2D eigenvalue weighted by atomic mass is 9.43. The normalized spacial score (nSPS) is 43.4. The Morgan fingerprint density at radius 3 is 2.11 bits per heavy atom. The van der Waals surface area contributed by atoms with Gasteiger partial charge in [0.1, 0.15) is 0 Å². The molecule has 4 rings (SSSR count). The summed E-state index contributed by atoms with van der Waals surface area (Å²) >= 11 is 0. The van der Waals surface area contributed by atoms with Crippen LogP contribution in [0, 0.1) is 46.3 Å². The SMILES string of the molecule is COC(=O)OC(C[C@@H](C)[C@H]1CC[C@H]2[C@@H]3[C@H](O)C[C@H]4C[C@H](O)CC[C@]4(C)[C@H]3CC[C@]12C)OC(=O)OC. The molecular weight excluding hydrogens is 452 g/mol. The van der Waals surface area contributed by atoms with E-state index in [9.17, 15) is 19.8 Å². The molecule has 10 atom stereocenters. The molecular formula is C27H44O8. The van der Waals surface area contributed by atoms with Gasteiger partial charge in [0.15, 0.2) is 0 Å². The van der Waals surface area contributed by atoms with E-state index in [2.05, 4.69) is 30.2 Å². The number of methoxy groups -OCH3 is 2. The van der Waals surface area contributed by atoms with Crippen molar-refractivity contribution < 1.29 is 38.7 Å². The molecule has 4 aliphatic rings. The van der Waals surface area contributed by atoms with Crippen LogP contribution < -0.4 is 0 Å². The molecule has 4 saturated carbocycles. The van der Waals surface area contributed by atoms with E-state index in [1.165, 1.54) is 14.2 Å². The molecule has 0 spiro atoms. The molecule has 0 bridgehead atoms. The lowest BCUT2D eigenvalue weighted by Crippen LogP contribution is -2.58. The fraction of sp³-hybridized carbons (Fsp3) is 0.926. The van der Waals surface area contributed by atoms with Gasteiger partial charge in [-0.2, -0.15) is 0 Å². The maximum absolute atomic E-state index is 11.7. The summed E-state index contributed by atoms with van der Waals surface area (Å²) in [6, 6.07) is 0. The first-order chi connectivity index (χ1) is 16.5. The first-order valence-electron chi connectivity index (χ1n) is 13.4. The molecule has 0 radical (unpaired) electrons. The van der Waals surface area contributed by atoms with Gasteiger partial charge < -0.3 is 29.2 Å². The van der Waals surface area contributed by atoms with Crippen LogP contribution in [0.25, 0.3) is 0 Å². The zero-order chi connectivity index (χ0) is 25.5. The first-order valence-corrected chi connectivity index (χ1v) is 13.4. The fourth-order valence-electron chi connectivity index (χ4n) is 9.07. The summed E-state index contributed by atoms with van der Waals surface area (Å²) in [4.78, 5) is 23.5. The van der Waals surface area contributed by atoms with Gasteiger partial charge in [-0.15, -0.1) is 0 Å². The first kappa shape index (κ1) is 26.5. The smallest absolute Gasteiger partial charge is 0.438 e. The standard InChI is InChI=1S/C27H44O8/c1-15(12-22(34-24(30)32-4)35-25(31)33-5)18-6-7-19-23-20(9-11-27(18,19)3)26(2)10-8-17(28)13-16(26)14-21(23)29/h15-23,28-29H,6-14H2,1-5H3/t15-,16-,17-,18-,19+,20+,21-,23+,26+,27-/m1/s1. The number of rotatable bonds is 5. The molecule has 0 unspecified atom stereocenters. The van der Waals surface area contributed by atoms with Crippen LogP contribution in [-0.2, 0) is 18.9 Å². The molecule has 8 heteroatoms. The minimum atomic E-state index is -1.07. The summed E-state index contributed by atoms with van der Waals surface area (Å²) in [7, 11) is 2.44. The molecule has 0 aromatic rings. The highest BCUT2D eigenvalue weighted by Crippen LogP contribution is 2.68. The Morgan fingerprint density at radius 2 is 1.49 bits per heavy atom. The molecule has 0 aromatic carbocycles. The van der Waals surface area contributed by atoms with Gasteiger partial charge in [0, 0.05) is 6.42 Å². The fourth-order valence-corrected chi connectivity index (χ4v) is 9.07. The Bertz CT molecular complexity index is 769. The second-order valence-electron chi connectivity index (χ2n) is 12.2. The van der Waals surface area contributed by atoms with Gasteiger partial charge in [-0.3, -0.25) is 0 Å². The minimum Gasteiger partial charge on any atom is -0.438 e. The Balaban J connectivity index is 1.50. The van der Waals surface area contributed by atoms with E-state index in [0.717, 1.165) is 51.4 Å². The minimum absolute atomic E-state index is 0.0695. The van der Waals surface area contributed by atoms with Crippen molar-refractivity contribution in [1.29, 1.82) is 0 Å².